The Bertz CT molecular complexity index is 190. The summed E-state index contributed by atoms with van der Waals surface area (Å²) in [5, 5.41) is 0. The Morgan fingerprint density at radius 3 is 2.92 bits per heavy atom. The van der Waals surface area contributed by atoms with Gasteiger partial charge in [-0.2, -0.15) is 0 Å². The van der Waals surface area contributed by atoms with Crippen molar-refractivity contribution in [2.75, 3.05) is 0 Å². The lowest BCUT2D eigenvalue weighted by Crippen LogP contribution is -2.27. The van der Waals surface area contributed by atoms with E-state index in [1.807, 2.05) is 0 Å². The summed E-state index contributed by atoms with van der Waals surface area (Å²) >= 11 is 0. The van der Waals surface area contributed by atoms with Gasteiger partial charge in [-0.05, 0) is 49.9 Å². The topological polar surface area (TPSA) is 0 Å². The van der Waals surface area contributed by atoms with E-state index in [0.717, 1.165) is 17.8 Å². The molecule has 3 unspecified atom stereocenters. The largest absolute Gasteiger partial charge is 0.0850 e. The third-order valence-electron chi connectivity index (χ3n) is 4.02. The van der Waals surface area contributed by atoms with E-state index in [1.165, 1.54) is 32.1 Å². The molecule has 3 atom stereocenters. The zero-order chi connectivity index (χ0) is 8.55. The highest BCUT2D eigenvalue weighted by Crippen LogP contribution is 2.42. The smallest absolute Gasteiger partial charge is 0.0175 e. The van der Waals surface area contributed by atoms with Crippen LogP contribution >= 0.6 is 0 Å². The summed E-state index contributed by atoms with van der Waals surface area (Å²) in [6, 6.07) is 0. The molecular weight excluding hydrogens is 144 g/mol. The molecule has 0 radical (unpaired) electrons. The van der Waals surface area contributed by atoms with Crippen LogP contribution < -0.4 is 0 Å². The van der Waals surface area contributed by atoms with Crippen molar-refractivity contribution < 1.29 is 0 Å². The Morgan fingerprint density at radius 2 is 2.08 bits per heavy atom. The maximum atomic E-state index is 2.52. The predicted octanol–water partition coefficient (Wildman–Crippen LogP) is 3.78. The van der Waals surface area contributed by atoms with Crippen LogP contribution in [0.25, 0.3) is 0 Å². The van der Waals surface area contributed by atoms with Crippen LogP contribution in [0.2, 0.25) is 0 Å². The van der Waals surface area contributed by atoms with E-state index in [-0.39, 0.29) is 0 Å². The Balaban J connectivity index is 2.15. The lowest BCUT2D eigenvalue weighted by Gasteiger charge is -2.38. The molecule has 0 spiro atoms. The molecule has 0 amide bonds. The summed E-state index contributed by atoms with van der Waals surface area (Å²) in [5.74, 6) is 2.87. The van der Waals surface area contributed by atoms with Crippen molar-refractivity contribution in [3.05, 3.63) is 11.6 Å². The van der Waals surface area contributed by atoms with Crippen LogP contribution in [-0.2, 0) is 0 Å². The minimum Gasteiger partial charge on any atom is -0.0850 e. The molecule has 0 N–H and O–H groups in total. The van der Waals surface area contributed by atoms with Crippen molar-refractivity contribution in [1.82, 2.24) is 0 Å². The maximum absolute atomic E-state index is 2.52. The quantitative estimate of drug-likeness (QED) is 0.478. The molecule has 12 heavy (non-hydrogen) atoms. The molecule has 0 aliphatic heterocycles. The summed E-state index contributed by atoms with van der Waals surface area (Å²) in [6.07, 6.45) is 9.62. The standard InChI is InChI=1S/C12H20/c1-9-7-8-11-5-3-4-6-12(11)10(9)2/h5,9-10,12H,3-4,6-8H2,1-2H3. The molecule has 0 aromatic heterocycles. The lowest BCUT2D eigenvalue weighted by atomic mass is 9.67. The normalized spacial score (nSPS) is 41.8. The number of rotatable bonds is 0. The third-order valence-corrected chi connectivity index (χ3v) is 4.02. The molecule has 0 aromatic carbocycles. The van der Waals surface area contributed by atoms with Gasteiger partial charge in [0.15, 0.2) is 0 Å². The molecule has 68 valence electrons. The maximum Gasteiger partial charge on any atom is -0.0175 e. The molecule has 0 nitrogen and oxygen atoms in total. The van der Waals surface area contributed by atoms with Crippen LogP contribution in [0.1, 0.15) is 46.0 Å². The molecule has 0 aromatic rings. The van der Waals surface area contributed by atoms with Crippen LogP contribution in [0.3, 0.4) is 0 Å². The second kappa shape index (κ2) is 3.24. The van der Waals surface area contributed by atoms with Gasteiger partial charge in [-0.1, -0.05) is 25.5 Å². The van der Waals surface area contributed by atoms with Gasteiger partial charge in [-0.15, -0.1) is 0 Å². The van der Waals surface area contributed by atoms with Crippen molar-refractivity contribution in [3.63, 3.8) is 0 Å². The Morgan fingerprint density at radius 1 is 1.25 bits per heavy atom. The molecule has 0 heterocycles. The van der Waals surface area contributed by atoms with Crippen LogP contribution in [0.15, 0.2) is 11.6 Å². The molecule has 2 rings (SSSR count). The van der Waals surface area contributed by atoms with Gasteiger partial charge in [0.2, 0.25) is 0 Å². The average molecular weight is 164 g/mol. The zero-order valence-corrected chi connectivity index (χ0v) is 8.34. The summed E-state index contributed by atoms with van der Waals surface area (Å²) in [5.41, 5.74) is 1.80. The minimum absolute atomic E-state index is 0.949. The van der Waals surface area contributed by atoms with Crippen molar-refractivity contribution in [2.45, 2.75) is 46.0 Å². The van der Waals surface area contributed by atoms with Crippen molar-refractivity contribution >= 4 is 0 Å². The van der Waals surface area contributed by atoms with Crippen LogP contribution in [-0.4, -0.2) is 0 Å². The van der Waals surface area contributed by atoms with E-state index in [9.17, 15) is 0 Å². The van der Waals surface area contributed by atoms with Gasteiger partial charge in [-0.3, -0.25) is 0 Å². The van der Waals surface area contributed by atoms with E-state index in [4.69, 9.17) is 0 Å². The van der Waals surface area contributed by atoms with Crippen molar-refractivity contribution in [2.24, 2.45) is 17.8 Å². The molecule has 0 saturated heterocycles. The van der Waals surface area contributed by atoms with Crippen molar-refractivity contribution in [1.29, 1.82) is 0 Å². The molecule has 0 bridgehead atoms. The van der Waals surface area contributed by atoms with E-state index in [0.29, 0.717) is 0 Å². The van der Waals surface area contributed by atoms with Gasteiger partial charge in [0.05, 0.1) is 0 Å². The van der Waals surface area contributed by atoms with Crippen LogP contribution in [0.4, 0.5) is 0 Å². The molecular formula is C12H20. The molecule has 1 fully saturated rings. The van der Waals surface area contributed by atoms with Gasteiger partial charge in [-0.25, -0.2) is 0 Å². The summed E-state index contributed by atoms with van der Waals surface area (Å²) in [4.78, 5) is 0. The summed E-state index contributed by atoms with van der Waals surface area (Å²) < 4.78 is 0. The van der Waals surface area contributed by atoms with Gasteiger partial charge in [0.25, 0.3) is 0 Å². The lowest BCUT2D eigenvalue weighted by molar-refractivity contribution is 0.217. The second-order valence-electron chi connectivity index (χ2n) is 4.69. The minimum atomic E-state index is 0.949. The Hall–Kier alpha value is -0.260. The molecule has 2 aliphatic rings. The monoisotopic (exact) mass is 164 g/mol. The Labute approximate surface area is 76.1 Å². The Kier molecular flexibility index (Phi) is 2.25. The van der Waals surface area contributed by atoms with E-state index < -0.39 is 0 Å². The van der Waals surface area contributed by atoms with E-state index in [1.54, 1.807) is 5.57 Å². The highest BCUT2D eigenvalue weighted by atomic mass is 14.4. The first-order valence-corrected chi connectivity index (χ1v) is 5.48. The third kappa shape index (κ3) is 1.32. The highest BCUT2D eigenvalue weighted by Gasteiger charge is 2.31. The first-order chi connectivity index (χ1) is 5.79. The zero-order valence-electron chi connectivity index (χ0n) is 8.34. The van der Waals surface area contributed by atoms with Gasteiger partial charge >= 0.3 is 0 Å². The molecule has 0 heteroatoms. The SMILES string of the molecule is CC1CCC2=CCCCC2C1C. The fourth-order valence-electron chi connectivity index (χ4n) is 2.90. The fourth-order valence-corrected chi connectivity index (χ4v) is 2.90. The summed E-state index contributed by atoms with van der Waals surface area (Å²) in [7, 11) is 0. The number of fused-ring (bicyclic) bond motifs is 1. The highest BCUT2D eigenvalue weighted by molar-refractivity contribution is 5.14. The van der Waals surface area contributed by atoms with Crippen LogP contribution in [0, 0.1) is 17.8 Å². The average Bonchev–Trinajstić information content (AvgIpc) is 2.12. The first kappa shape index (κ1) is 8.34. The fraction of sp³-hybridized carbons (Fsp3) is 0.833. The first-order valence-electron chi connectivity index (χ1n) is 5.48. The van der Waals surface area contributed by atoms with E-state index in [2.05, 4.69) is 19.9 Å². The van der Waals surface area contributed by atoms with E-state index >= 15 is 0 Å². The van der Waals surface area contributed by atoms with Gasteiger partial charge < -0.3 is 0 Å². The van der Waals surface area contributed by atoms with Gasteiger partial charge in [0.1, 0.15) is 0 Å². The number of hydrogen-bond donors (Lipinski definition) is 0. The molecule has 2 aliphatic carbocycles. The van der Waals surface area contributed by atoms with Crippen LogP contribution in [0.5, 0.6) is 0 Å². The predicted molar refractivity (Wildman–Crippen MR) is 53.0 cm³/mol. The summed E-state index contributed by atoms with van der Waals surface area (Å²) in [6.45, 7) is 4.88. The molecule has 1 saturated carbocycles. The number of allylic oxidation sites excluding steroid dienone is 2. The number of hydrogen-bond acceptors (Lipinski definition) is 0. The second-order valence-corrected chi connectivity index (χ2v) is 4.69. The van der Waals surface area contributed by atoms with Crippen molar-refractivity contribution in [3.8, 4) is 0 Å². The van der Waals surface area contributed by atoms with Gasteiger partial charge in [0, 0.05) is 0 Å².